The summed E-state index contributed by atoms with van der Waals surface area (Å²) in [6.07, 6.45) is 5.00. The van der Waals surface area contributed by atoms with Crippen LogP contribution < -0.4 is 10.0 Å². The highest BCUT2D eigenvalue weighted by Gasteiger charge is 2.41. The number of likely N-dealkylation sites (tertiary alicyclic amines) is 1. The summed E-state index contributed by atoms with van der Waals surface area (Å²) in [7, 11) is -2.04. The van der Waals surface area contributed by atoms with E-state index in [9.17, 15) is 18.0 Å². The molecule has 1 aromatic rings. The molecule has 1 heterocycles. The third-order valence-corrected chi connectivity index (χ3v) is 8.41. The molecule has 3 atom stereocenters. The molecule has 202 valence electrons. The highest BCUT2D eigenvalue weighted by Crippen LogP contribution is 2.31. The molecule has 10 heteroatoms. The third-order valence-electron chi connectivity index (χ3n) is 6.97. The number of benzene rings is 1. The van der Waals surface area contributed by atoms with Gasteiger partial charge in [0.05, 0.1) is 24.2 Å². The fourth-order valence-electron chi connectivity index (χ4n) is 5.13. The molecule has 0 aromatic heterocycles. The molecule has 1 saturated carbocycles. The van der Waals surface area contributed by atoms with Gasteiger partial charge in [0.25, 0.3) is 0 Å². The number of hydrogen-bond donors (Lipinski definition) is 2. The van der Waals surface area contributed by atoms with Gasteiger partial charge in [0.2, 0.25) is 15.9 Å². The average Bonchev–Trinajstić information content (AvgIpc) is 3.28. The SMILES string of the molecule is COC[C@@H]1C[C@@H](CNS(=O)(=O)c2ccccc2)CN1C(=O)C(NC(=O)OCC(C)C)C1CCCCC1. The molecule has 1 unspecified atom stereocenters. The normalized spacial score (nSPS) is 21.9. The van der Waals surface area contributed by atoms with Crippen LogP contribution in [0.5, 0.6) is 0 Å². The fraction of sp³-hybridized carbons (Fsp3) is 0.692. The monoisotopic (exact) mass is 523 g/mol. The van der Waals surface area contributed by atoms with Crippen molar-refractivity contribution < 1.29 is 27.5 Å². The van der Waals surface area contributed by atoms with Gasteiger partial charge in [-0.2, -0.15) is 0 Å². The van der Waals surface area contributed by atoms with E-state index in [0.717, 1.165) is 32.1 Å². The van der Waals surface area contributed by atoms with Crippen molar-refractivity contribution in [3.8, 4) is 0 Å². The minimum Gasteiger partial charge on any atom is -0.449 e. The van der Waals surface area contributed by atoms with Crippen molar-refractivity contribution in [2.45, 2.75) is 69.4 Å². The predicted molar refractivity (Wildman–Crippen MR) is 137 cm³/mol. The summed E-state index contributed by atoms with van der Waals surface area (Å²) in [5, 5.41) is 2.87. The number of amides is 2. The van der Waals surface area contributed by atoms with Gasteiger partial charge >= 0.3 is 6.09 Å². The van der Waals surface area contributed by atoms with Crippen molar-refractivity contribution in [1.82, 2.24) is 14.9 Å². The highest BCUT2D eigenvalue weighted by molar-refractivity contribution is 7.89. The lowest BCUT2D eigenvalue weighted by atomic mass is 9.83. The first-order chi connectivity index (χ1) is 17.2. The maximum Gasteiger partial charge on any atom is 0.407 e. The molecule has 2 amide bonds. The summed E-state index contributed by atoms with van der Waals surface area (Å²) in [6, 6.07) is 7.40. The Morgan fingerprint density at radius 2 is 1.81 bits per heavy atom. The molecule has 1 saturated heterocycles. The number of nitrogens with zero attached hydrogens (tertiary/aromatic N) is 1. The van der Waals surface area contributed by atoms with E-state index in [1.165, 1.54) is 0 Å². The summed E-state index contributed by atoms with van der Waals surface area (Å²) in [4.78, 5) is 28.4. The molecule has 2 N–H and O–H groups in total. The number of carbonyl (C=O) groups is 2. The van der Waals surface area contributed by atoms with Gasteiger partial charge in [0, 0.05) is 20.2 Å². The zero-order chi connectivity index (χ0) is 26.1. The number of ether oxygens (including phenoxy) is 2. The Morgan fingerprint density at radius 3 is 2.44 bits per heavy atom. The van der Waals surface area contributed by atoms with Crippen LogP contribution in [0, 0.1) is 17.8 Å². The number of rotatable bonds is 11. The summed E-state index contributed by atoms with van der Waals surface area (Å²) < 4.78 is 38.8. The molecule has 1 aromatic carbocycles. The molecule has 0 bridgehead atoms. The smallest absolute Gasteiger partial charge is 0.407 e. The van der Waals surface area contributed by atoms with Gasteiger partial charge in [-0.1, -0.05) is 51.3 Å². The number of methoxy groups -OCH3 is 1. The van der Waals surface area contributed by atoms with Gasteiger partial charge in [0.1, 0.15) is 6.04 Å². The van der Waals surface area contributed by atoms with E-state index >= 15 is 0 Å². The highest BCUT2D eigenvalue weighted by atomic mass is 32.2. The molecule has 1 aliphatic heterocycles. The number of carbonyl (C=O) groups excluding carboxylic acids is 2. The standard InChI is InChI=1S/C26H41N3O6S/c1-19(2)17-35-26(31)28-24(21-10-6-4-7-11-21)25(30)29-16-20(14-22(29)18-34-3)15-27-36(32,33)23-12-8-5-9-13-23/h5,8-9,12-13,19-22,24,27H,4,6-7,10-11,14-18H2,1-3H3,(H,28,31)/t20-,22-,24?/m0/s1. The van der Waals surface area contributed by atoms with E-state index < -0.39 is 22.2 Å². The van der Waals surface area contributed by atoms with Crippen molar-refractivity contribution in [3.63, 3.8) is 0 Å². The molecule has 1 aliphatic carbocycles. The number of nitrogens with one attached hydrogen (secondary N) is 2. The number of hydrogen-bond acceptors (Lipinski definition) is 6. The van der Waals surface area contributed by atoms with Crippen LogP contribution in [0.4, 0.5) is 4.79 Å². The minimum atomic E-state index is -3.64. The van der Waals surface area contributed by atoms with E-state index in [4.69, 9.17) is 9.47 Å². The van der Waals surface area contributed by atoms with Gasteiger partial charge in [-0.05, 0) is 49.1 Å². The van der Waals surface area contributed by atoms with Crippen LogP contribution in [0.15, 0.2) is 35.2 Å². The van der Waals surface area contributed by atoms with Crippen LogP contribution in [0.2, 0.25) is 0 Å². The Morgan fingerprint density at radius 1 is 1.11 bits per heavy atom. The van der Waals surface area contributed by atoms with Crippen LogP contribution in [0.3, 0.4) is 0 Å². The van der Waals surface area contributed by atoms with Gasteiger partial charge in [0.15, 0.2) is 0 Å². The quantitative estimate of drug-likeness (QED) is 0.461. The minimum absolute atomic E-state index is 0.0525. The van der Waals surface area contributed by atoms with Crippen LogP contribution in [-0.4, -0.2) is 70.8 Å². The molecule has 2 fully saturated rings. The second-order valence-corrected chi connectivity index (χ2v) is 12.1. The van der Waals surface area contributed by atoms with Crippen LogP contribution >= 0.6 is 0 Å². The summed E-state index contributed by atoms with van der Waals surface area (Å²) in [5.41, 5.74) is 0. The third kappa shape index (κ3) is 7.91. The summed E-state index contributed by atoms with van der Waals surface area (Å²) >= 11 is 0. The first-order valence-corrected chi connectivity index (χ1v) is 14.5. The second kappa shape index (κ2) is 13.4. The summed E-state index contributed by atoms with van der Waals surface area (Å²) in [6.45, 7) is 5.18. The molecule has 0 radical (unpaired) electrons. The van der Waals surface area contributed by atoms with Crippen molar-refractivity contribution in [3.05, 3.63) is 30.3 Å². The molecule has 9 nitrogen and oxygen atoms in total. The van der Waals surface area contributed by atoms with Gasteiger partial charge in [-0.15, -0.1) is 0 Å². The van der Waals surface area contributed by atoms with E-state index in [1.54, 1.807) is 42.3 Å². The lowest BCUT2D eigenvalue weighted by Gasteiger charge is -2.34. The van der Waals surface area contributed by atoms with E-state index in [-0.39, 0.29) is 47.7 Å². The Balaban J connectivity index is 1.70. The maximum absolute atomic E-state index is 13.8. The fourth-order valence-corrected chi connectivity index (χ4v) is 6.27. The zero-order valence-electron chi connectivity index (χ0n) is 21.6. The first-order valence-electron chi connectivity index (χ1n) is 13.0. The second-order valence-electron chi connectivity index (χ2n) is 10.4. The van der Waals surface area contributed by atoms with Crippen LogP contribution in [-0.2, 0) is 24.3 Å². The van der Waals surface area contributed by atoms with Crippen molar-refractivity contribution in [2.75, 3.05) is 33.4 Å². The van der Waals surface area contributed by atoms with Crippen LogP contribution in [0.1, 0.15) is 52.4 Å². The molecule has 2 aliphatic rings. The Hall–Kier alpha value is -2.17. The Kier molecular flexibility index (Phi) is 10.6. The largest absolute Gasteiger partial charge is 0.449 e. The maximum atomic E-state index is 13.8. The molecule has 0 spiro atoms. The lowest BCUT2D eigenvalue weighted by molar-refractivity contribution is -0.137. The Labute approximate surface area is 215 Å². The van der Waals surface area contributed by atoms with E-state index in [1.807, 2.05) is 13.8 Å². The lowest BCUT2D eigenvalue weighted by Crippen LogP contribution is -2.54. The van der Waals surface area contributed by atoms with Crippen molar-refractivity contribution in [1.29, 1.82) is 0 Å². The zero-order valence-corrected chi connectivity index (χ0v) is 22.5. The van der Waals surface area contributed by atoms with Gasteiger partial charge in [-0.3, -0.25) is 4.79 Å². The van der Waals surface area contributed by atoms with Gasteiger partial charge in [-0.25, -0.2) is 17.9 Å². The molecular formula is C26H41N3O6S. The van der Waals surface area contributed by atoms with Crippen molar-refractivity contribution >= 4 is 22.0 Å². The van der Waals surface area contributed by atoms with Crippen LogP contribution in [0.25, 0.3) is 0 Å². The van der Waals surface area contributed by atoms with Gasteiger partial charge < -0.3 is 19.7 Å². The predicted octanol–water partition coefficient (Wildman–Crippen LogP) is 3.16. The average molecular weight is 524 g/mol. The topological polar surface area (TPSA) is 114 Å². The Bertz CT molecular complexity index is 950. The molecular weight excluding hydrogens is 482 g/mol. The molecule has 3 rings (SSSR count). The van der Waals surface area contributed by atoms with Crippen molar-refractivity contribution in [2.24, 2.45) is 17.8 Å². The number of alkyl carbamates (subject to hydrolysis) is 1. The first kappa shape index (κ1) is 28.4. The van der Waals surface area contributed by atoms with E-state index in [2.05, 4.69) is 10.0 Å². The van der Waals surface area contributed by atoms with E-state index in [0.29, 0.717) is 19.6 Å². The number of sulfonamides is 1. The molecule has 36 heavy (non-hydrogen) atoms. The summed E-state index contributed by atoms with van der Waals surface area (Å²) in [5.74, 6) is 0.0488.